The first-order valence-electron chi connectivity index (χ1n) is 5.30. The smallest absolute Gasteiger partial charge is 0.176 e. The number of fused-ring (bicyclic) bond motifs is 1. The van der Waals surface area contributed by atoms with Crippen LogP contribution >= 0.6 is 0 Å². The van der Waals surface area contributed by atoms with Crippen LogP contribution in [-0.4, -0.2) is 20.9 Å². The van der Waals surface area contributed by atoms with E-state index in [9.17, 15) is 4.79 Å². The Balaban J connectivity index is 0.000000606. The third-order valence-electron chi connectivity index (χ3n) is 2.09. The van der Waals surface area contributed by atoms with E-state index in [1.54, 1.807) is 12.3 Å². The van der Waals surface area contributed by atoms with Gasteiger partial charge in [-0.1, -0.05) is 13.8 Å². The second-order valence-corrected chi connectivity index (χ2v) is 3.18. The first-order valence-corrected chi connectivity index (χ1v) is 5.30. The van der Waals surface area contributed by atoms with Gasteiger partial charge < -0.3 is 10.1 Å². The molecule has 0 aliphatic heterocycles. The van der Waals surface area contributed by atoms with Gasteiger partial charge in [-0.2, -0.15) is 0 Å². The number of carbonyl (C=O) groups excluding carboxylic acids is 1. The van der Waals surface area contributed by atoms with E-state index in [1.807, 2.05) is 19.9 Å². The van der Waals surface area contributed by atoms with Gasteiger partial charge in [0, 0.05) is 18.5 Å². The third kappa shape index (κ3) is 2.46. The maximum Gasteiger partial charge on any atom is 0.176 e. The summed E-state index contributed by atoms with van der Waals surface area (Å²) in [6.45, 7) is 5.46. The van der Waals surface area contributed by atoms with Crippen LogP contribution in [0.25, 0.3) is 11.0 Å². The van der Waals surface area contributed by atoms with Crippen LogP contribution in [0.15, 0.2) is 18.3 Å². The number of carbonyl (C=O) groups is 1. The molecule has 0 aromatic carbocycles. The van der Waals surface area contributed by atoms with E-state index in [0.717, 1.165) is 10.9 Å². The van der Waals surface area contributed by atoms with Crippen molar-refractivity contribution in [3.05, 3.63) is 29.6 Å². The number of rotatable bonds is 2. The van der Waals surface area contributed by atoms with Crippen molar-refractivity contribution in [2.24, 2.45) is 0 Å². The summed E-state index contributed by atoms with van der Waals surface area (Å²) in [5.41, 5.74) is 1.96. The van der Waals surface area contributed by atoms with Gasteiger partial charge in [-0.15, -0.1) is 0 Å². The maximum atomic E-state index is 11.1. The first kappa shape index (κ1) is 12.4. The van der Waals surface area contributed by atoms with Crippen LogP contribution in [0.4, 0.5) is 0 Å². The standard InChI is InChI=1S/C10H10N2O2.C2H6/c1-6(14)9-3-8-2-7(5-13)4-11-10(8)12-9;1-2/h2-4,13H,5H2,1H3,(H,11,12);1-2H3. The molecule has 4 nitrogen and oxygen atoms in total. The molecule has 0 unspecified atom stereocenters. The quantitative estimate of drug-likeness (QED) is 0.763. The summed E-state index contributed by atoms with van der Waals surface area (Å²) < 4.78 is 0. The summed E-state index contributed by atoms with van der Waals surface area (Å²) in [6.07, 6.45) is 1.59. The number of hydrogen-bond acceptors (Lipinski definition) is 3. The summed E-state index contributed by atoms with van der Waals surface area (Å²) in [4.78, 5) is 18.1. The van der Waals surface area contributed by atoms with Gasteiger partial charge in [-0.25, -0.2) is 4.98 Å². The van der Waals surface area contributed by atoms with Crippen molar-refractivity contribution in [1.29, 1.82) is 0 Å². The molecule has 0 fully saturated rings. The molecular weight excluding hydrogens is 204 g/mol. The van der Waals surface area contributed by atoms with Crippen molar-refractivity contribution in [2.75, 3.05) is 0 Å². The normalized spacial score (nSPS) is 9.75. The molecule has 0 radical (unpaired) electrons. The molecule has 0 spiro atoms. The molecule has 0 saturated heterocycles. The molecule has 2 heterocycles. The Labute approximate surface area is 94.3 Å². The number of aromatic amines is 1. The summed E-state index contributed by atoms with van der Waals surface area (Å²) in [7, 11) is 0. The number of hydrogen-bond donors (Lipinski definition) is 2. The third-order valence-corrected chi connectivity index (χ3v) is 2.09. The van der Waals surface area contributed by atoms with Crippen LogP contribution in [0.2, 0.25) is 0 Å². The van der Waals surface area contributed by atoms with Gasteiger partial charge in [-0.05, 0) is 17.7 Å². The van der Waals surface area contributed by atoms with Gasteiger partial charge in [0.2, 0.25) is 0 Å². The second-order valence-electron chi connectivity index (χ2n) is 3.18. The largest absolute Gasteiger partial charge is 0.392 e. The number of nitrogens with one attached hydrogen (secondary N) is 1. The Hall–Kier alpha value is -1.68. The van der Waals surface area contributed by atoms with E-state index >= 15 is 0 Å². The minimum absolute atomic E-state index is 0.0199. The number of ketones is 1. The fraction of sp³-hybridized carbons (Fsp3) is 0.333. The average Bonchev–Trinajstić information content (AvgIpc) is 2.74. The molecular formula is C12H16N2O2. The van der Waals surface area contributed by atoms with Crippen LogP contribution in [0.5, 0.6) is 0 Å². The van der Waals surface area contributed by atoms with Crippen LogP contribution < -0.4 is 0 Å². The summed E-state index contributed by atoms with van der Waals surface area (Å²) in [5.74, 6) is -0.0199. The zero-order valence-corrected chi connectivity index (χ0v) is 9.74. The lowest BCUT2D eigenvalue weighted by Gasteiger charge is -1.93. The molecule has 0 amide bonds. The Bertz CT molecular complexity index is 489. The minimum atomic E-state index is -0.0382. The van der Waals surface area contributed by atoms with E-state index in [2.05, 4.69) is 9.97 Å². The van der Waals surface area contributed by atoms with Crippen LogP contribution in [0.1, 0.15) is 36.8 Å². The van der Waals surface area contributed by atoms with E-state index in [0.29, 0.717) is 11.3 Å². The molecule has 86 valence electrons. The minimum Gasteiger partial charge on any atom is -0.392 e. The SMILES string of the molecule is CC.CC(=O)c1cc2cc(CO)cnc2[nH]1. The van der Waals surface area contributed by atoms with E-state index < -0.39 is 0 Å². The van der Waals surface area contributed by atoms with Crippen LogP contribution in [-0.2, 0) is 6.61 Å². The monoisotopic (exact) mass is 220 g/mol. The predicted molar refractivity (Wildman–Crippen MR) is 63.4 cm³/mol. The summed E-state index contributed by atoms with van der Waals surface area (Å²) in [6, 6.07) is 3.55. The van der Waals surface area contributed by atoms with Crippen LogP contribution in [0, 0.1) is 0 Å². The maximum absolute atomic E-state index is 11.1. The molecule has 2 N–H and O–H groups in total. The van der Waals surface area contributed by atoms with Gasteiger partial charge in [0.25, 0.3) is 0 Å². The number of aliphatic hydroxyl groups excluding tert-OH is 1. The number of H-pyrrole nitrogens is 1. The fourth-order valence-electron chi connectivity index (χ4n) is 1.34. The van der Waals surface area contributed by atoms with Crippen molar-refractivity contribution < 1.29 is 9.90 Å². The fourth-order valence-corrected chi connectivity index (χ4v) is 1.34. The van der Waals surface area contributed by atoms with Gasteiger partial charge in [0.1, 0.15) is 5.65 Å². The number of aromatic nitrogens is 2. The highest BCUT2D eigenvalue weighted by Crippen LogP contribution is 2.14. The van der Waals surface area contributed by atoms with Crippen molar-refractivity contribution in [1.82, 2.24) is 9.97 Å². The van der Waals surface area contributed by atoms with Crippen molar-refractivity contribution >= 4 is 16.8 Å². The predicted octanol–water partition coefficient (Wildman–Crippen LogP) is 2.28. The number of nitrogens with zero attached hydrogens (tertiary/aromatic N) is 1. The highest BCUT2D eigenvalue weighted by molar-refractivity contribution is 5.97. The summed E-state index contributed by atoms with van der Waals surface area (Å²) >= 11 is 0. The highest BCUT2D eigenvalue weighted by atomic mass is 16.3. The second kappa shape index (κ2) is 5.42. The van der Waals surface area contributed by atoms with Gasteiger partial charge in [0.15, 0.2) is 5.78 Å². The Morgan fingerprint density at radius 2 is 2.12 bits per heavy atom. The highest BCUT2D eigenvalue weighted by Gasteiger charge is 2.05. The molecule has 4 heteroatoms. The molecule has 0 bridgehead atoms. The van der Waals surface area contributed by atoms with E-state index in [1.165, 1.54) is 6.92 Å². The number of Topliss-reactive ketones (excluding diaryl/α,β-unsaturated/α-hetero) is 1. The van der Waals surface area contributed by atoms with E-state index in [4.69, 9.17) is 5.11 Å². The molecule has 0 saturated carbocycles. The van der Waals surface area contributed by atoms with Crippen LogP contribution in [0.3, 0.4) is 0 Å². The Morgan fingerprint density at radius 1 is 1.44 bits per heavy atom. The molecule has 2 rings (SSSR count). The lowest BCUT2D eigenvalue weighted by Crippen LogP contribution is -1.90. The number of aliphatic hydroxyl groups is 1. The van der Waals surface area contributed by atoms with Crippen molar-refractivity contribution in [3.63, 3.8) is 0 Å². The van der Waals surface area contributed by atoms with Crippen molar-refractivity contribution in [2.45, 2.75) is 27.4 Å². The van der Waals surface area contributed by atoms with Crippen molar-refractivity contribution in [3.8, 4) is 0 Å². The summed E-state index contributed by atoms with van der Waals surface area (Å²) in [5, 5.41) is 9.74. The van der Waals surface area contributed by atoms with Gasteiger partial charge >= 0.3 is 0 Å². The van der Waals surface area contributed by atoms with Gasteiger partial charge in [-0.3, -0.25) is 4.79 Å². The lowest BCUT2D eigenvalue weighted by atomic mass is 10.2. The molecule has 2 aromatic heterocycles. The average molecular weight is 220 g/mol. The van der Waals surface area contributed by atoms with Gasteiger partial charge in [0.05, 0.1) is 12.3 Å². The molecule has 0 aliphatic rings. The van der Waals surface area contributed by atoms with E-state index in [-0.39, 0.29) is 12.4 Å². The lowest BCUT2D eigenvalue weighted by molar-refractivity contribution is 0.101. The Morgan fingerprint density at radius 3 is 2.69 bits per heavy atom. The molecule has 0 atom stereocenters. The molecule has 0 aliphatic carbocycles. The molecule has 16 heavy (non-hydrogen) atoms. The first-order chi connectivity index (χ1) is 7.70. The number of pyridine rings is 1. The zero-order valence-electron chi connectivity index (χ0n) is 9.74. The zero-order chi connectivity index (χ0) is 12.1. The molecule has 2 aromatic rings. The topological polar surface area (TPSA) is 66.0 Å². The Kier molecular flexibility index (Phi) is 4.19.